The molecule has 3 saturated heterocycles. The zero-order valence-corrected chi connectivity index (χ0v) is 10.2. The Morgan fingerprint density at radius 3 is 2.76 bits per heavy atom. The smallest absolute Gasteiger partial charge is 0.320 e. The van der Waals surface area contributed by atoms with Crippen LogP contribution in [0.3, 0.4) is 0 Å². The van der Waals surface area contributed by atoms with E-state index in [0.29, 0.717) is 25.2 Å². The van der Waals surface area contributed by atoms with Gasteiger partial charge in [0.05, 0.1) is 13.2 Å². The number of piperidine rings is 1. The molecular formula is C12H21N3O2. The fraction of sp³-hybridized carbons (Fsp3) is 0.917. The van der Waals surface area contributed by atoms with Gasteiger partial charge in [-0.15, -0.1) is 0 Å². The second kappa shape index (κ2) is 4.82. The summed E-state index contributed by atoms with van der Waals surface area (Å²) >= 11 is 0. The van der Waals surface area contributed by atoms with E-state index in [1.807, 2.05) is 9.80 Å². The molecule has 0 bridgehead atoms. The van der Waals surface area contributed by atoms with Crippen molar-refractivity contribution in [3.05, 3.63) is 0 Å². The number of amides is 2. The second-order valence-electron chi connectivity index (χ2n) is 5.25. The largest absolute Gasteiger partial charge is 0.378 e. The normalized spacial score (nSPS) is 33.6. The Kier molecular flexibility index (Phi) is 3.20. The SMILES string of the molecule is O=C(N1CCOCC1)N1CC2CCCNC2C1. The van der Waals surface area contributed by atoms with Gasteiger partial charge in [0, 0.05) is 32.2 Å². The molecule has 2 amide bonds. The molecule has 17 heavy (non-hydrogen) atoms. The highest BCUT2D eigenvalue weighted by atomic mass is 16.5. The van der Waals surface area contributed by atoms with E-state index in [0.717, 1.165) is 32.7 Å². The summed E-state index contributed by atoms with van der Waals surface area (Å²) in [5, 5.41) is 3.53. The molecule has 5 heteroatoms. The zero-order chi connectivity index (χ0) is 11.7. The molecule has 3 aliphatic heterocycles. The number of fused-ring (bicyclic) bond motifs is 1. The van der Waals surface area contributed by atoms with Crippen LogP contribution in [0.1, 0.15) is 12.8 Å². The number of carbonyl (C=O) groups excluding carboxylic acids is 1. The molecule has 0 aromatic heterocycles. The van der Waals surface area contributed by atoms with Crippen molar-refractivity contribution in [1.82, 2.24) is 15.1 Å². The van der Waals surface area contributed by atoms with Crippen molar-refractivity contribution in [3.63, 3.8) is 0 Å². The standard InChI is InChI=1S/C12H21N3O2/c16-12(14-4-6-17-7-5-14)15-8-10-2-1-3-13-11(10)9-15/h10-11,13H,1-9H2. The van der Waals surface area contributed by atoms with Crippen LogP contribution in [-0.4, -0.2) is 67.8 Å². The van der Waals surface area contributed by atoms with E-state index in [1.165, 1.54) is 12.8 Å². The first-order valence-corrected chi connectivity index (χ1v) is 6.69. The highest BCUT2D eigenvalue weighted by Crippen LogP contribution is 2.25. The predicted octanol–water partition coefficient (Wildman–Crippen LogP) is 0.122. The highest BCUT2D eigenvalue weighted by Gasteiger charge is 2.37. The van der Waals surface area contributed by atoms with Gasteiger partial charge in [0.2, 0.25) is 0 Å². The van der Waals surface area contributed by atoms with E-state index in [1.54, 1.807) is 0 Å². The molecule has 96 valence electrons. The van der Waals surface area contributed by atoms with Gasteiger partial charge >= 0.3 is 6.03 Å². The van der Waals surface area contributed by atoms with E-state index in [4.69, 9.17) is 4.74 Å². The first-order valence-electron chi connectivity index (χ1n) is 6.69. The van der Waals surface area contributed by atoms with Crippen LogP contribution < -0.4 is 5.32 Å². The van der Waals surface area contributed by atoms with Crippen LogP contribution in [0.5, 0.6) is 0 Å². The Labute approximate surface area is 102 Å². The molecule has 3 fully saturated rings. The molecule has 0 aromatic rings. The Morgan fingerprint density at radius 2 is 2.00 bits per heavy atom. The van der Waals surface area contributed by atoms with Gasteiger partial charge in [0.1, 0.15) is 0 Å². The summed E-state index contributed by atoms with van der Waals surface area (Å²) in [6.07, 6.45) is 2.52. The maximum atomic E-state index is 12.3. The third-order valence-corrected chi connectivity index (χ3v) is 4.15. The van der Waals surface area contributed by atoms with E-state index in [9.17, 15) is 4.79 Å². The monoisotopic (exact) mass is 239 g/mol. The number of urea groups is 1. The number of nitrogens with one attached hydrogen (secondary N) is 1. The van der Waals surface area contributed by atoms with Gasteiger partial charge in [-0.2, -0.15) is 0 Å². The fourth-order valence-electron chi connectivity index (χ4n) is 3.16. The number of hydrogen-bond acceptors (Lipinski definition) is 3. The lowest BCUT2D eigenvalue weighted by atomic mass is 9.94. The lowest BCUT2D eigenvalue weighted by Gasteiger charge is -2.31. The Morgan fingerprint density at radius 1 is 1.18 bits per heavy atom. The number of rotatable bonds is 0. The lowest BCUT2D eigenvalue weighted by Crippen LogP contribution is -2.48. The molecule has 2 unspecified atom stereocenters. The first-order chi connectivity index (χ1) is 8.34. The maximum absolute atomic E-state index is 12.3. The van der Waals surface area contributed by atoms with Crippen molar-refractivity contribution in [2.24, 2.45) is 5.92 Å². The van der Waals surface area contributed by atoms with Gasteiger partial charge in [0.25, 0.3) is 0 Å². The molecule has 3 heterocycles. The summed E-state index contributed by atoms with van der Waals surface area (Å²) in [7, 11) is 0. The van der Waals surface area contributed by atoms with Crippen LogP contribution in [0, 0.1) is 5.92 Å². The highest BCUT2D eigenvalue weighted by molar-refractivity contribution is 5.75. The molecular weight excluding hydrogens is 218 g/mol. The van der Waals surface area contributed by atoms with E-state index >= 15 is 0 Å². The van der Waals surface area contributed by atoms with Crippen LogP contribution in [-0.2, 0) is 4.74 Å². The minimum absolute atomic E-state index is 0.213. The van der Waals surface area contributed by atoms with Crippen molar-refractivity contribution in [1.29, 1.82) is 0 Å². The van der Waals surface area contributed by atoms with Crippen molar-refractivity contribution in [3.8, 4) is 0 Å². The molecule has 3 aliphatic rings. The zero-order valence-electron chi connectivity index (χ0n) is 10.2. The molecule has 0 aromatic carbocycles. The molecule has 5 nitrogen and oxygen atoms in total. The number of hydrogen-bond donors (Lipinski definition) is 1. The summed E-state index contributed by atoms with van der Waals surface area (Å²) < 4.78 is 5.28. The van der Waals surface area contributed by atoms with Crippen molar-refractivity contribution >= 4 is 6.03 Å². The molecule has 0 aliphatic carbocycles. The summed E-state index contributed by atoms with van der Waals surface area (Å²) in [5.74, 6) is 0.675. The number of likely N-dealkylation sites (tertiary alicyclic amines) is 1. The Balaban J connectivity index is 1.59. The topological polar surface area (TPSA) is 44.8 Å². The van der Waals surface area contributed by atoms with Crippen LogP contribution in [0.15, 0.2) is 0 Å². The Bertz CT molecular complexity index is 277. The number of morpholine rings is 1. The van der Waals surface area contributed by atoms with Crippen molar-refractivity contribution < 1.29 is 9.53 Å². The third-order valence-electron chi connectivity index (χ3n) is 4.15. The second-order valence-corrected chi connectivity index (χ2v) is 5.25. The van der Waals surface area contributed by atoms with E-state index in [-0.39, 0.29) is 6.03 Å². The van der Waals surface area contributed by atoms with Gasteiger partial charge in [-0.3, -0.25) is 0 Å². The minimum Gasteiger partial charge on any atom is -0.378 e. The van der Waals surface area contributed by atoms with Crippen LogP contribution >= 0.6 is 0 Å². The summed E-state index contributed by atoms with van der Waals surface area (Å²) in [6, 6.07) is 0.748. The summed E-state index contributed by atoms with van der Waals surface area (Å²) in [5.41, 5.74) is 0. The molecule has 0 saturated carbocycles. The first kappa shape index (κ1) is 11.3. The average Bonchev–Trinajstić information content (AvgIpc) is 2.82. The van der Waals surface area contributed by atoms with Crippen molar-refractivity contribution in [2.75, 3.05) is 45.9 Å². The lowest BCUT2D eigenvalue weighted by molar-refractivity contribution is 0.0448. The Hall–Kier alpha value is -0.810. The fourth-order valence-corrected chi connectivity index (χ4v) is 3.16. The van der Waals surface area contributed by atoms with Gasteiger partial charge in [0.15, 0.2) is 0 Å². The van der Waals surface area contributed by atoms with E-state index in [2.05, 4.69) is 5.32 Å². The molecule has 0 radical (unpaired) electrons. The van der Waals surface area contributed by atoms with Gasteiger partial charge in [-0.05, 0) is 25.3 Å². The number of carbonyl (C=O) groups is 1. The number of ether oxygens (including phenoxy) is 1. The molecule has 0 spiro atoms. The third kappa shape index (κ3) is 2.26. The van der Waals surface area contributed by atoms with Crippen molar-refractivity contribution in [2.45, 2.75) is 18.9 Å². The molecule has 3 rings (SSSR count). The average molecular weight is 239 g/mol. The van der Waals surface area contributed by atoms with Crippen LogP contribution in [0.4, 0.5) is 4.79 Å². The van der Waals surface area contributed by atoms with Crippen LogP contribution in [0.2, 0.25) is 0 Å². The molecule has 1 N–H and O–H groups in total. The van der Waals surface area contributed by atoms with Crippen LogP contribution in [0.25, 0.3) is 0 Å². The molecule has 2 atom stereocenters. The maximum Gasteiger partial charge on any atom is 0.320 e. The van der Waals surface area contributed by atoms with Gasteiger partial charge in [-0.25, -0.2) is 4.79 Å². The van der Waals surface area contributed by atoms with Gasteiger partial charge < -0.3 is 19.9 Å². The summed E-state index contributed by atoms with van der Waals surface area (Å²) in [4.78, 5) is 16.3. The summed E-state index contributed by atoms with van der Waals surface area (Å²) in [6.45, 7) is 5.81. The predicted molar refractivity (Wildman–Crippen MR) is 63.9 cm³/mol. The quantitative estimate of drug-likeness (QED) is 0.653. The van der Waals surface area contributed by atoms with E-state index < -0.39 is 0 Å². The number of nitrogens with zero attached hydrogens (tertiary/aromatic N) is 2. The minimum atomic E-state index is 0.213. The van der Waals surface area contributed by atoms with Gasteiger partial charge in [-0.1, -0.05) is 0 Å².